The molecule has 0 saturated carbocycles. The number of ether oxygens (including phenoxy) is 2. The van der Waals surface area contributed by atoms with Crippen molar-refractivity contribution in [3.8, 4) is 0 Å². The van der Waals surface area contributed by atoms with E-state index in [0.717, 1.165) is 12.8 Å². The predicted octanol–water partition coefficient (Wildman–Crippen LogP) is 4.50. The maximum Gasteiger partial charge on any atom is 0.108 e. The van der Waals surface area contributed by atoms with E-state index >= 15 is 0 Å². The Morgan fingerprint density at radius 2 is 1.27 bits per heavy atom. The fraction of sp³-hybridized carbons (Fsp3) is 0.400. The molecule has 2 heterocycles. The highest BCUT2D eigenvalue weighted by molar-refractivity contribution is 5.30. The molecule has 2 aromatic rings. The molecule has 2 unspecified atom stereocenters. The summed E-state index contributed by atoms with van der Waals surface area (Å²) in [6.07, 6.45) is 5.62. The summed E-state index contributed by atoms with van der Waals surface area (Å²) in [5.74, 6) is 0. The molecule has 2 aliphatic rings. The van der Waals surface area contributed by atoms with E-state index in [0.29, 0.717) is 18.3 Å². The normalized spacial score (nSPS) is 27.2. The van der Waals surface area contributed by atoms with Gasteiger partial charge in [-0.1, -0.05) is 60.7 Å². The highest BCUT2D eigenvalue weighted by Gasteiger charge is 2.36. The molecular weight excluding hydrogens is 272 g/mol. The lowest BCUT2D eigenvalue weighted by Gasteiger charge is -2.32. The Morgan fingerprint density at radius 3 is 1.77 bits per heavy atom. The molecule has 2 aromatic carbocycles. The molecular formula is C20H22O2. The molecule has 0 spiro atoms. The van der Waals surface area contributed by atoms with Crippen LogP contribution in [-0.2, 0) is 9.47 Å². The van der Waals surface area contributed by atoms with Gasteiger partial charge in [0.2, 0.25) is 0 Å². The summed E-state index contributed by atoms with van der Waals surface area (Å²) in [4.78, 5) is 0. The van der Waals surface area contributed by atoms with Crippen LogP contribution in [0.15, 0.2) is 60.7 Å². The van der Waals surface area contributed by atoms with Crippen LogP contribution in [0.5, 0.6) is 0 Å². The fourth-order valence-electron chi connectivity index (χ4n) is 3.72. The average molecular weight is 294 g/mol. The molecule has 0 aromatic heterocycles. The van der Waals surface area contributed by atoms with Crippen LogP contribution in [0.3, 0.4) is 0 Å². The van der Waals surface area contributed by atoms with E-state index in [1.165, 1.54) is 24.0 Å². The van der Waals surface area contributed by atoms with E-state index in [1.807, 2.05) is 0 Å². The highest BCUT2D eigenvalue weighted by Crippen LogP contribution is 2.37. The number of rotatable bonds is 4. The first kappa shape index (κ1) is 14.0. The van der Waals surface area contributed by atoms with Crippen molar-refractivity contribution >= 4 is 0 Å². The molecule has 0 amide bonds. The SMILES string of the molecule is c1ccc(C(OC2CC3CCC(C2)O3)c2ccccc2)cc1. The first-order valence-electron chi connectivity index (χ1n) is 8.29. The Hall–Kier alpha value is -1.64. The van der Waals surface area contributed by atoms with Crippen LogP contribution >= 0.6 is 0 Å². The van der Waals surface area contributed by atoms with E-state index in [4.69, 9.17) is 9.47 Å². The van der Waals surface area contributed by atoms with Gasteiger partial charge in [0, 0.05) is 0 Å². The zero-order chi connectivity index (χ0) is 14.8. The van der Waals surface area contributed by atoms with E-state index in [-0.39, 0.29) is 6.10 Å². The van der Waals surface area contributed by atoms with Gasteiger partial charge in [-0.25, -0.2) is 0 Å². The van der Waals surface area contributed by atoms with Crippen LogP contribution in [0, 0.1) is 0 Å². The van der Waals surface area contributed by atoms with Gasteiger partial charge in [-0.15, -0.1) is 0 Å². The van der Waals surface area contributed by atoms with Crippen molar-refractivity contribution < 1.29 is 9.47 Å². The molecule has 22 heavy (non-hydrogen) atoms. The summed E-state index contributed by atoms with van der Waals surface area (Å²) in [5.41, 5.74) is 2.46. The zero-order valence-corrected chi connectivity index (χ0v) is 12.7. The smallest absolute Gasteiger partial charge is 0.108 e. The Labute approximate surface area is 132 Å². The van der Waals surface area contributed by atoms with Crippen LogP contribution in [0.4, 0.5) is 0 Å². The van der Waals surface area contributed by atoms with Gasteiger partial charge in [0.25, 0.3) is 0 Å². The monoisotopic (exact) mass is 294 g/mol. The number of hydrogen-bond donors (Lipinski definition) is 0. The van der Waals surface area contributed by atoms with Gasteiger partial charge in [-0.3, -0.25) is 0 Å². The topological polar surface area (TPSA) is 18.5 Å². The molecule has 2 nitrogen and oxygen atoms in total. The van der Waals surface area contributed by atoms with E-state index < -0.39 is 0 Å². The Morgan fingerprint density at radius 1 is 0.773 bits per heavy atom. The van der Waals surface area contributed by atoms with Crippen LogP contribution in [-0.4, -0.2) is 18.3 Å². The standard InChI is InChI=1S/C20H22O2/c1-3-7-15(8-4-1)20(16-9-5-2-6-10-16)22-19-13-17-11-12-18(14-19)21-17/h1-10,17-20H,11-14H2. The summed E-state index contributed by atoms with van der Waals surface area (Å²) >= 11 is 0. The van der Waals surface area contributed by atoms with Gasteiger partial charge in [-0.2, -0.15) is 0 Å². The maximum atomic E-state index is 6.56. The van der Waals surface area contributed by atoms with Gasteiger partial charge < -0.3 is 9.47 Å². The molecule has 0 N–H and O–H groups in total. The van der Waals surface area contributed by atoms with Crippen molar-refractivity contribution in [3.63, 3.8) is 0 Å². The molecule has 114 valence electrons. The summed E-state index contributed by atoms with van der Waals surface area (Å²) < 4.78 is 12.5. The van der Waals surface area contributed by atoms with Crippen LogP contribution in [0.2, 0.25) is 0 Å². The first-order chi connectivity index (χ1) is 10.9. The second kappa shape index (κ2) is 6.23. The third-order valence-corrected chi connectivity index (χ3v) is 4.78. The Balaban J connectivity index is 1.58. The van der Waals surface area contributed by atoms with Gasteiger partial charge in [0.05, 0.1) is 18.3 Å². The Bertz CT molecular complexity index is 544. The number of fused-ring (bicyclic) bond motifs is 2. The van der Waals surface area contributed by atoms with Crippen LogP contribution < -0.4 is 0 Å². The summed E-state index contributed by atoms with van der Waals surface area (Å²) in [7, 11) is 0. The summed E-state index contributed by atoms with van der Waals surface area (Å²) in [5, 5.41) is 0. The van der Waals surface area contributed by atoms with E-state index in [9.17, 15) is 0 Å². The predicted molar refractivity (Wildman–Crippen MR) is 86.7 cm³/mol. The minimum Gasteiger partial charge on any atom is -0.375 e. The molecule has 0 aliphatic carbocycles. The summed E-state index contributed by atoms with van der Waals surface area (Å²) in [6.45, 7) is 0. The fourth-order valence-corrected chi connectivity index (χ4v) is 3.72. The van der Waals surface area contributed by atoms with Crippen molar-refractivity contribution in [2.24, 2.45) is 0 Å². The lowest BCUT2D eigenvalue weighted by atomic mass is 10.00. The summed E-state index contributed by atoms with van der Waals surface area (Å²) in [6, 6.07) is 21.1. The van der Waals surface area contributed by atoms with Crippen molar-refractivity contribution in [2.45, 2.75) is 50.1 Å². The van der Waals surface area contributed by atoms with Crippen molar-refractivity contribution in [2.75, 3.05) is 0 Å². The third-order valence-electron chi connectivity index (χ3n) is 4.78. The second-order valence-electron chi connectivity index (χ2n) is 6.39. The molecule has 2 atom stereocenters. The molecule has 2 bridgehead atoms. The molecule has 0 radical (unpaired) electrons. The van der Waals surface area contributed by atoms with Crippen LogP contribution in [0.25, 0.3) is 0 Å². The zero-order valence-electron chi connectivity index (χ0n) is 12.7. The molecule has 4 rings (SSSR count). The van der Waals surface area contributed by atoms with Crippen molar-refractivity contribution in [3.05, 3.63) is 71.8 Å². The molecule has 2 heteroatoms. The number of benzene rings is 2. The van der Waals surface area contributed by atoms with Crippen molar-refractivity contribution in [1.82, 2.24) is 0 Å². The maximum absolute atomic E-state index is 6.56. The molecule has 2 fully saturated rings. The third kappa shape index (κ3) is 2.94. The van der Waals surface area contributed by atoms with Crippen LogP contribution in [0.1, 0.15) is 42.9 Å². The van der Waals surface area contributed by atoms with E-state index in [2.05, 4.69) is 60.7 Å². The highest BCUT2D eigenvalue weighted by atomic mass is 16.5. The van der Waals surface area contributed by atoms with Gasteiger partial charge >= 0.3 is 0 Å². The first-order valence-corrected chi connectivity index (χ1v) is 8.29. The van der Waals surface area contributed by atoms with Gasteiger partial charge in [0.15, 0.2) is 0 Å². The Kier molecular flexibility index (Phi) is 3.96. The van der Waals surface area contributed by atoms with Gasteiger partial charge in [0.1, 0.15) is 6.10 Å². The largest absolute Gasteiger partial charge is 0.375 e. The molecule has 2 saturated heterocycles. The minimum absolute atomic E-state index is 0.0184. The lowest BCUT2D eigenvalue weighted by Crippen LogP contribution is -2.31. The van der Waals surface area contributed by atoms with Gasteiger partial charge in [-0.05, 0) is 36.8 Å². The molecule has 2 aliphatic heterocycles. The van der Waals surface area contributed by atoms with E-state index in [1.54, 1.807) is 0 Å². The number of hydrogen-bond acceptors (Lipinski definition) is 2. The quantitative estimate of drug-likeness (QED) is 0.826. The lowest BCUT2D eigenvalue weighted by molar-refractivity contribution is -0.0964. The van der Waals surface area contributed by atoms with Crippen molar-refractivity contribution in [1.29, 1.82) is 0 Å². The average Bonchev–Trinajstić information content (AvgIpc) is 2.93. The minimum atomic E-state index is 0.0184. The second-order valence-corrected chi connectivity index (χ2v) is 6.39.